The summed E-state index contributed by atoms with van der Waals surface area (Å²) >= 11 is 0. The van der Waals surface area contributed by atoms with Gasteiger partial charge in [-0.05, 0) is 26.0 Å². The SMILES string of the molecule is COCC(O)CCNCc1c(C)oc2ccccc12. The highest BCUT2D eigenvalue weighted by atomic mass is 16.5. The third kappa shape index (κ3) is 3.56. The first-order valence-corrected chi connectivity index (χ1v) is 6.57. The zero-order chi connectivity index (χ0) is 13.7. The van der Waals surface area contributed by atoms with Gasteiger partial charge in [0.2, 0.25) is 0 Å². The Hall–Kier alpha value is -1.36. The van der Waals surface area contributed by atoms with E-state index in [0.29, 0.717) is 13.0 Å². The minimum atomic E-state index is -0.403. The van der Waals surface area contributed by atoms with Gasteiger partial charge in [-0.15, -0.1) is 0 Å². The van der Waals surface area contributed by atoms with Gasteiger partial charge in [-0.2, -0.15) is 0 Å². The highest BCUT2D eigenvalue weighted by Gasteiger charge is 2.10. The van der Waals surface area contributed by atoms with Crippen molar-refractivity contribution >= 4 is 11.0 Å². The van der Waals surface area contributed by atoms with E-state index in [0.717, 1.165) is 29.8 Å². The number of aryl methyl sites for hydroxylation is 1. The lowest BCUT2D eigenvalue weighted by Crippen LogP contribution is -2.23. The molecule has 0 spiro atoms. The Kier molecular flexibility index (Phi) is 4.96. The second-order valence-electron chi connectivity index (χ2n) is 4.71. The number of nitrogens with one attached hydrogen (secondary N) is 1. The van der Waals surface area contributed by atoms with Crippen LogP contribution in [-0.4, -0.2) is 31.5 Å². The molecule has 0 bridgehead atoms. The van der Waals surface area contributed by atoms with Crippen LogP contribution in [0.5, 0.6) is 0 Å². The Bertz CT molecular complexity index is 521. The summed E-state index contributed by atoms with van der Waals surface area (Å²) < 4.78 is 10.6. The number of ether oxygens (including phenoxy) is 1. The van der Waals surface area contributed by atoms with Gasteiger partial charge in [0.25, 0.3) is 0 Å². The summed E-state index contributed by atoms with van der Waals surface area (Å²) in [5.41, 5.74) is 2.12. The van der Waals surface area contributed by atoms with Gasteiger partial charge in [-0.25, -0.2) is 0 Å². The average molecular weight is 263 g/mol. The second-order valence-corrected chi connectivity index (χ2v) is 4.71. The molecule has 0 radical (unpaired) electrons. The standard InChI is InChI=1S/C15H21NO3/c1-11-14(9-16-8-7-12(17)10-18-2)13-5-3-4-6-15(13)19-11/h3-6,12,16-17H,7-10H2,1-2H3. The molecule has 0 aliphatic heterocycles. The maximum absolute atomic E-state index is 9.55. The fraction of sp³-hybridized carbons (Fsp3) is 0.467. The van der Waals surface area contributed by atoms with Crippen LogP contribution in [-0.2, 0) is 11.3 Å². The van der Waals surface area contributed by atoms with E-state index in [9.17, 15) is 5.11 Å². The van der Waals surface area contributed by atoms with Crippen LogP contribution >= 0.6 is 0 Å². The first-order chi connectivity index (χ1) is 9.22. The van der Waals surface area contributed by atoms with Crippen LogP contribution in [0.25, 0.3) is 11.0 Å². The molecule has 4 heteroatoms. The van der Waals surface area contributed by atoms with E-state index in [1.54, 1.807) is 7.11 Å². The van der Waals surface area contributed by atoms with Crippen molar-refractivity contribution in [2.75, 3.05) is 20.3 Å². The number of para-hydroxylation sites is 1. The summed E-state index contributed by atoms with van der Waals surface area (Å²) in [6.45, 7) is 3.87. The van der Waals surface area contributed by atoms with Crippen LogP contribution in [0.15, 0.2) is 28.7 Å². The molecule has 0 aliphatic carbocycles. The van der Waals surface area contributed by atoms with Crippen LogP contribution in [0.1, 0.15) is 17.7 Å². The van der Waals surface area contributed by atoms with Crippen molar-refractivity contribution in [2.24, 2.45) is 0 Å². The van der Waals surface area contributed by atoms with Gasteiger partial charge in [0.1, 0.15) is 11.3 Å². The molecule has 1 aromatic carbocycles. The summed E-state index contributed by atoms with van der Waals surface area (Å²) in [7, 11) is 1.59. The molecule has 4 nitrogen and oxygen atoms in total. The Labute approximate surface area is 113 Å². The van der Waals surface area contributed by atoms with Gasteiger partial charge in [0, 0.05) is 24.6 Å². The number of aliphatic hydroxyl groups is 1. The lowest BCUT2D eigenvalue weighted by Gasteiger charge is -2.09. The van der Waals surface area contributed by atoms with Gasteiger partial charge in [0.15, 0.2) is 0 Å². The molecular formula is C15H21NO3. The van der Waals surface area contributed by atoms with Gasteiger partial charge in [-0.1, -0.05) is 18.2 Å². The van der Waals surface area contributed by atoms with E-state index < -0.39 is 6.10 Å². The Morgan fingerprint density at radius 3 is 2.95 bits per heavy atom. The molecule has 2 rings (SSSR count). The molecule has 0 aliphatic rings. The number of benzene rings is 1. The van der Waals surface area contributed by atoms with Crippen molar-refractivity contribution in [3.05, 3.63) is 35.6 Å². The van der Waals surface area contributed by atoms with E-state index in [2.05, 4.69) is 11.4 Å². The zero-order valence-corrected chi connectivity index (χ0v) is 11.5. The van der Waals surface area contributed by atoms with Crippen molar-refractivity contribution in [3.8, 4) is 0 Å². The molecule has 2 N–H and O–H groups in total. The topological polar surface area (TPSA) is 54.6 Å². The lowest BCUT2D eigenvalue weighted by molar-refractivity contribution is 0.0594. The van der Waals surface area contributed by atoms with Gasteiger partial charge >= 0.3 is 0 Å². The number of methoxy groups -OCH3 is 1. The number of fused-ring (bicyclic) bond motifs is 1. The van der Waals surface area contributed by atoms with Crippen LogP contribution in [0.4, 0.5) is 0 Å². The predicted octanol–water partition coefficient (Wildman–Crippen LogP) is 2.23. The quantitative estimate of drug-likeness (QED) is 0.752. The molecule has 2 aromatic rings. The number of rotatable bonds is 7. The molecule has 19 heavy (non-hydrogen) atoms. The van der Waals surface area contributed by atoms with Crippen LogP contribution in [0.3, 0.4) is 0 Å². The minimum Gasteiger partial charge on any atom is -0.461 e. The van der Waals surface area contributed by atoms with E-state index in [1.807, 2.05) is 25.1 Å². The van der Waals surface area contributed by atoms with E-state index >= 15 is 0 Å². The third-order valence-corrected chi connectivity index (χ3v) is 3.22. The second kappa shape index (κ2) is 6.70. The summed E-state index contributed by atoms with van der Waals surface area (Å²) in [6.07, 6.45) is 0.280. The molecule has 1 aromatic heterocycles. The first kappa shape index (κ1) is 14.1. The normalized spacial score (nSPS) is 13.0. The third-order valence-electron chi connectivity index (χ3n) is 3.22. The van der Waals surface area contributed by atoms with Gasteiger partial charge < -0.3 is 19.6 Å². The maximum Gasteiger partial charge on any atom is 0.134 e. The molecule has 104 valence electrons. The first-order valence-electron chi connectivity index (χ1n) is 6.57. The van der Waals surface area contributed by atoms with Crippen LogP contribution in [0, 0.1) is 6.92 Å². The van der Waals surface area contributed by atoms with Crippen LogP contribution < -0.4 is 5.32 Å². The van der Waals surface area contributed by atoms with Crippen molar-refractivity contribution in [3.63, 3.8) is 0 Å². The molecule has 1 unspecified atom stereocenters. The number of hydrogen-bond donors (Lipinski definition) is 2. The molecular weight excluding hydrogens is 242 g/mol. The van der Waals surface area contributed by atoms with Crippen molar-refractivity contribution in [1.82, 2.24) is 5.32 Å². The summed E-state index contributed by atoms with van der Waals surface area (Å²) in [4.78, 5) is 0. The number of hydrogen-bond acceptors (Lipinski definition) is 4. The van der Waals surface area contributed by atoms with Crippen molar-refractivity contribution in [1.29, 1.82) is 0 Å². The predicted molar refractivity (Wildman–Crippen MR) is 75.2 cm³/mol. The Morgan fingerprint density at radius 1 is 1.37 bits per heavy atom. The number of furan rings is 1. The Morgan fingerprint density at radius 2 is 2.16 bits per heavy atom. The maximum atomic E-state index is 9.55. The van der Waals surface area contributed by atoms with Gasteiger partial charge in [0.05, 0.1) is 12.7 Å². The lowest BCUT2D eigenvalue weighted by atomic mass is 10.1. The summed E-state index contributed by atoms with van der Waals surface area (Å²) in [6, 6.07) is 8.05. The average Bonchev–Trinajstić information content (AvgIpc) is 2.71. The highest BCUT2D eigenvalue weighted by molar-refractivity contribution is 5.82. The summed E-state index contributed by atoms with van der Waals surface area (Å²) in [5.74, 6) is 0.950. The van der Waals surface area contributed by atoms with Crippen LogP contribution in [0.2, 0.25) is 0 Å². The fourth-order valence-corrected chi connectivity index (χ4v) is 2.20. The van der Waals surface area contributed by atoms with E-state index in [4.69, 9.17) is 9.15 Å². The minimum absolute atomic E-state index is 0.384. The van der Waals surface area contributed by atoms with E-state index in [-0.39, 0.29) is 0 Å². The fourth-order valence-electron chi connectivity index (χ4n) is 2.20. The Balaban J connectivity index is 1.89. The summed E-state index contributed by atoms with van der Waals surface area (Å²) in [5, 5.41) is 14.0. The molecule has 0 fully saturated rings. The van der Waals surface area contributed by atoms with Gasteiger partial charge in [-0.3, -0.25) is 0 Å². The van der Waals surface area contributed by atoms with Crippen molar-refractivity contribution < 1.29 is 14.3 Å². The monoisotopic (exact) mass is 263 g/mol. The highest BCUT2D eigenvalue weighted by Crippen LogP contribution is 2.24. The molecule has 1 atom stereocenters. The largest absolute Gasteiger partial charge is 0.461 e. The van der Waals surface area contributed by atoms with Crippen molar-refractivity contribution in [2.45, 2.75) is 26.0 Å². The molecule has 1 heterocycles. The number of aliphatic hydroxyl groups excluding tert-OH is 1. The molecule has 0 saturated heterocycles. The van der Waals surface area contributed by atoms with E-state index in [1.165, 1.54) is 5.56 Å². The smallest absolute Gasteiger partial charge is 0.134 e. The molecule has 0 saturated carbocycles. The molecule has 0 amide bonds. The zero-order valence-electron chi connectivity index (χ0n) is 11.5.